The SMILES string of the molecule is CCC(CC)NC(=O)COC(=O)COc1c(Cl)cc(Cl)c2ccc(C)nc12. The zero-order chi connectivity index (χ0) is 20.0. The number of rotatable bonds is 8. The van der Waals surface area contributed by atoms with Crippen LogP contribution in [0.3, 0.4) is 0 Å². The first-order chi connectivity index (χ1) is 12.8. The molecule has 0 saturated carbocycles. The van der Waals surface area contributed by atoms with Crippen molar-refractivity contribution >= 4 is 46.0 Å². The first-order valence-corrected chi connectivity index (χ1v) is 9.44. The number of carbonyl (C=O) groups excluding carboxylic acids is 2. The van der Waals surface area contributed by atoms with Crippen LogP contribution in [0.4, 0.5) is 0 Å². The number of aromatic nitrogens is 1. The summed E-state index contributed by atoms with van der Waals surface area (Å²) in [6.07, 6.45) is 1.63. The van der Waals surface area contributed by atoms with Gasteiger partial charge in [-0.05, 0) is 38.0 Å². The van der Waals surface area contributed by atoms with E-state index in [1.54, 1.807) is 0 Å². The Hall–Kier alpha value is -2.05. The Morgan fingerprint density at radius 1 is 1.15 bits per heavy atom. The summed E-state index contributed by atoms with van der Waals surface area (Å²) in [6.45, 7) is 5.02. The van der Waals surface area contributed by atoms with Gasteiger partial charge < -0.3 is 14.8 Å². The highest BCUT2D eigenvalue weighted by atomic mass is 35.5. The van der Waals surface area contributed by atoms with Crippen molar-refractivity contribution in [3.63, 3.8) is 0 Å². The van der Waals surface area contributed by atoms with Crippen LogP contribution in [0.25, 0.3) is 10.9 Å². The Morgan fingerprint density at radius 3 is 2.52 bits per heavy atom. The molecule has 6 nitrogen and oxygen atoms in total. The van der Waals surface area contributed by atoms with Crippen LogP contribution in [-0.4, -0.2) is 36.1 Å². The molecule has 0 aliphatic rings. The van der Waals surface area contributed by atoms with Crippen molar-refractivity contribution in [1.82, 2.24) is 10.3 Å². The zero-order valence-electron chi connectivity index (χ0n) is 15.5. The van der Waals surface area contributed by atoms with Crippen molar-refractivity contribution in [2.75, 3.05) is 13.2 Å². The second-order valence-corrected chi connectivity index (χ2v) is 6.86. The fourth-order valence-electron chi connectivity index (χ4n) is 2.51. The highest BCUT2D eigenvalue weighted by Gasteiger charge is 2.16. The highest BCUT2D eigenvalue weighted by molar-refractivity contribution is 6.39. The largest absolute Gasteiger partial charge is 0.478 e. The number of aryl methyl sites for hydroxylation is 1. The maximum absolute atomic E-state index is 11.9. The highest BCUT2D eigenvalue weighted by Crippen LogP contribution is 2.37. The molecule has 1 heterocycles. The van der Waals surface area contributed by atoms with Crippen LogP contribution in [0.1, 0.15) is 32.4 Å². The molecule has 0 fully saturated rings. The number of benzene rings is 1. The number of hydrogen-bond donors (Lipinski definition) is 1. The van der Waals surface area contributed by atoms with E-state index < -0.39 is 12.6 Å². The van der Waals surface area contributed by atoms with Gasteiger partial charge in [0, 0.05) is 17.1 Å². The number of hydrogen-bond acceptors (Lipinski definition) is 5. The molecule has 0 saturated heterocycles. The Bertz CT molecular complexity index is 838. The zero-order valence-corrected chi connectivity index (χ0v) is 17.0. The van der Waals surface area contributed by atoms with E-state index in [1.165, 1.54) is 6.07 Å². The fourth-order valence-corrected chi connectivity index (χ4v) is 3.08. The number of pyridine rings is 1. The van der Waals surface area contributed by atoms with Gasteiger partial charge in [-0.2, -0.15) is 0 Å². The monoisotopic (exact) mass is 412 g/mol. The van der Waals surface area contributed by atoms with Crippen molar-refractivity contribution in [2.24, 2.45) is 0 Å². The molecule has 0 spiro atoms. The van der Waals surface area contributed by atoms with Gasteiger partial charge in [0.2, 0.25) is 0 Å². The van der Waals surface area contributed by atoms with Crippen LogP contribution in [-0.2, 0) is 14.3 Å². The van der Waals surface area contributed by atoms with Crippen molar-refractivity contribution < 1.29 is 19.1 Å². The molecule has 1 aromatic heterocycles. The van der Waals surface area contributed by atoms with E-state index in [1.807, 2.05) is 32.9 Å². The maximum atomic E-state index is 11.9. The fraction of sp³-hybridized carbons (Fsp3) is 0.421. The Kier molecular flexibility index (Phi) is 7.68. The molecule has 0 aliphatic carbocycles. The lowest BCUT2D eigenvalue weighted by molar-refractivity contribution is -0.150. The summed E-state index contributed by atoms with van der Waals surface area (Å²) in [5, 5.41) is 4.14. The number of ether oxygens (including phenoxy) is 2. The molecule has 0 bridgehead atoms. The van der Waals surface area contributed by atoms with Crippen molar-refractivity contribution in [1.29, 1.82) is 0 Å². The van der Waals surface area contributed by atoms with Gasteiger partial charge in [0.05, 0.1) is 10.0 Å². The summed E-state index contributed by atoms with van der Waals surface area (Å²) in [4.78, 5) is 28.1. The van der Waals surface area contributed by atoms with Gasteiger partial charge in [-0.15, -0.1) is 0 Å². The summed E-state index contributed by atoms with van der Waals surface area (Å²) in [5.74, 6) is -0.774. The van der Waals surface area contributed by atoms with Crippen LogP contribution in [0.5, 0.6) is 5.75 Å². The van der Waals surface area contributed by atoms with Gasteiger partial charge in [-0.3, -0.25) is 4.79 Å². The molecular formula is C19H22Cl2N2O4. The predicted octanol–water partition coefficient (Wildman–Crippen LogP) is 4.08. The molecule has 1 aromatic carbocycles. The molecule has 2 aromatic rings. The quantitative estimate of drug-likeness (QED) is 0.660. The average molecular weight is 413 g/mol. The minimum atomic E-state index is -0.679. The number of nitrogens with zero attached hydrogens (tertiary/aromatic N) is 1. The first-order valence-electron chi connectivity index (χ1n) is 8.68. The molecule has 0 radical (unpaired) electrons. The number of amides is 1. The van der Waals surface area contributed by atoms with Gasteiger partial charge >= 0.3 is 5.97 Å². The van der Waals surface area contributed by atoms with Crippen molar-refractivity contribution in [2.45, 2.75) is 39.7 Å². The standard InChI is InChI=1S/C19H22Cl2N2O4/c1-4-12(5-2)23-16(24)9-26-17(25)10-27-19-15(21)8-14(20)13-7-6-11(3)22-18(13)19/h6-8,12H,4-5,9-10H2,1-3H3,(H,23,24). The lowest BCUT2D eigenvalue weighted by Gasteiger charge is -2.15. The van der Waals surface area contributed by atoms with Crippen molar-refractivity contribution in [3.05, 3.63) is 33.9 Å². The number of nitrogens with one attached hydrogen (secondary N) is 1. The molecule has 146 valence electrons. The van der Waals surface area contributed by atoms with E-state index >= 15 is 0 Å². The third kappa shape index (κ3) is 5.71. The number of fused-ring (bicyclic) bond motifs is 1. The Morgan fingerprint density at radius 2 is 1.85 bits per heavy atom. The molecule has 8 heteroatoms. The number of carbonyl (C=O) groups is 2. The van der Waals surface area contributed by atoms with Crippen LogP contribution >= 0.6 is 23.2 Å². The lowest BCUT2D eigenvalue weighted by atomic mass is 10.2. The minimum Gasteiger partial charge on any atom is -0.478 e. The van der Waals surface area contributed by atoms with E-state index in [0.29, 0.717) is 15.9 Å². The van der Waals surface area contributed by atoms with E-state index in [0.717, 1.165) is 18.5 Å². The Labute approximate surface area is 168 Å². The third-order valence-corrected chi connectivity index (χ3v) is 4.62. The van der Waals surface area contributed by atoms with Gasteiger partial charge in [0.25, 0.3) is 5.91 Å². The van der Waals surface area contributed by atoms with E-state index in [2.05, 4.69) is 10.3 Å². The summed E-state index contributed by atoms with van der Waals surface area (Å²) in [7, 11) is 0. The van der Waals surface area contributed by atoms with Crippen LogP contribution < -0.4 is 10.1 Å². The topological polar surface area (TPSA) is 77.5 Å². The number of halogens is 2. The molecule has 1 N–H and O–H groups in total. The average Bonchev–Trinajstić information content (AvgIpc) is 2.63. The first kappa shape index (κ1) is 21.3. The normalized spacial score (nSPS) is 10.9. The minimum absolute atomic E-state index is 0.0704. The van der Waals surface area contributed by atoms with E-state index in [4.69, 9.17) is 32.7 Å². The molecule has 1 amide bonds. The molecule has 0 unspecified atom stereocenters. The van der Waals surface area contributed by atoms with Crippen LogP contribution in [0.15, 0.2) is 18.2 Å². The third-order valence-electron chi connectivity index (χ3n) is 4.03. The molecule has 2 rings (SSSR count). The summed E-state index contributed by atoms with van der Waals surface area (Å²) in [6, 6.07) is 5.23. The summed E-state index contributed by atoms with van der Waals surface area (Å²) in [5.41, 5.74) is 1.22. The van der Waals surface area contributed by atoms with Gasteiger partial charge in [-0.1, -0.05) is 37.0 Å². The molecular weight excluding hydrogens is 391 g/mol. The van der Waals surface area contributed by atoms with Gasteiger partial charge in [0.1, 0.15) is 5.52 Å². The van der Waals surface area contributed by atoms with E-state index in [-0.39, 0.29) is 29.3 Å². The smallest absolute Gasteiger partial charge is 0.344 e. The second kappa shape index (κ2) is 9.76. The lowest BCUT2D eigenvalue weighted by Crippen LogP contribution is -2.37. The summed E-state index contributed by atoms with van der Waals surface area (Å²) >= 11 is 12.4. The number of esters is 1. The van der Waals surface area contributed by atoms with Crippen LogP contribution in [0.2, 0.25) is 10.0 Å². The second-order valence-electron chi connectivity index (χ2n) is 6.05. The van der Waals surface area contributed by atoms with E-state index in [9.17, 15) is 9.59 Å². The predicted molar refractivity (Wildman–Crippen MR) is 105 cm³/mol. The van der Waals surface area contributed by atoms with Crippen molar-refractivity contribution in [3.8, 4) is 5.75 Å². The summed E-state index contributed by atoms with van der Waals surface area (Å²) < 4.78 is 10.5. The Balaban J connectivity index is 1.99. The van der Waals surface area contributed by atoms with Gasteiger partial charge in [0.15, 0.2) is 19.0 Å². The molecule has 27 heavy (non-hydrogen) atoms. The molecule has 0 atom stereocenters. The molecule has 0 aliphatic heterocycles. The maximum Gasteiger partial charge on any atom is 0.344 e. The van der Waals surface area contributed by atoms with Gasteiger partial charge in [-0.25, -0.2) is 9.78 Å². The van der Waals surface area contributed by atoms with Crippen LogP contribution in [0, 0.1) is 6.92 Å².